The highest BCUT2D eigenvalue weighted by atomic mass is 19.4. The number of fused-ring (bicyclic) bond motifs is 1. The molecule has 0 spiro atoms. The molecule has 26 heavy (non-hydrogen) atoms. The third-order valence-electron chi connectivity index (χ3n) is 5.00. The van der Waals surface area contributed by atoms with Crippen molar-refractivity contribution in [2.24, 2.45) is 0 Å². The minimum atomic E-state index is -4.66. The normalized spacial score (nSPS) is 15.2. The fourth-order valence-corrected chi connectivity index (χ4v) is 3.45. The van der Waals surface area contributed by atoms with Gasteiger partial charge in [-0.2, -0.15) is 13.2 Å². The van der Waals surface area contributed by atoms with Crippen molar-refractivity contribution in [1.29, 1.82) is 0 Å². The summed E-state index contributed by atoms with van der Waals surface area (Å²) in [5, 5.41) is 12.5. The fourth-order valence-electron chi connectivity index (χ4n) is 3.45. The molecule has 0 bridgehead atoms. The Bertz CT molecular complexity index is 971. The van der Waals surface area contributed by atoms with E-state index in [0.717, 1.165) is 29.8 Å². The van der Waals surface area contributed by atoms with Crippen LogP contribution in [0.25, 0.3) is 10.9 Å². The number of aromatic amines is 1. The van der Waals surface area contributed by atoms with Crippen molar-refractivity contribution >= 4 is 10.9 Å². The predicted octanol–water partition coefficient (Wildman–Crippen LogP) is 6.70. The van der Waals surface area contributed by atoms with Gasteiger partial charge < -0.3 is 9.72 Å². The lowest BCUT2D eigenvalue weighted by Crippen LogP contribution is -2.08. The topological polar surface area (TPSA) is 44.9 Å². The smallest absolute Gasteiger partial charge is 0.420 e. The number of rotatable bonds is 3. The quantitative estimate of drug-likeness (QED) is 0.555. The van der Waals surface area contributed by atoms with E-state index in [9.17, 15) is 18.3 Å². The summed E-state index contributed by atoms with van der Waals surface area (Å²) in [6, 6.07) is 6.94. The molecule has 1 N–H and O–H groups in total. The number of ether oxygens (including phenoxy) is 1. The molecule has 0 amide bonds. The average Bonchev–Trinajstić information content (AvgIpc) is 2.90. The van der Waals surface area contributed by atoms with Crippen LogP contribution in [-0.2, 0) is 11.3 Å². The molecular weight excluding hydrogens is 343 g/mol. The van der Waals surface area contributed by atoms with Crippen molar-refractivity contribution < 1.29 is 23.0 Å². The predicted molar refractivity (Wildman–Crippen MR) is 91.3 cm³/mol. The molecule has 3 nitrogen and oxygen atoms in total. The summed E-state index contributed by atoms with van der Waals surface area (Å²) in [4.78, 5) is 3.21. The Kier molecular flexibility index (Phi) is 3.86. The number of alkyl halides is 3. The van der Waals surface area contributed by atoms with Gasteiger partial charge in [-0.1, -0.05) is 6.42 Å². The number of benzene rings is 2. The second-order valence-electron chi connectivity index (χ2n) is 6.80. The highest BCUT2D eigenvalue weighted by Gasteiger charge is 2.36. The second-order valence-corrected chi connectivity index (χ2v) is 6.80. The second kappa shape index (κ2) is 5.97. The van der Waals surface area contributed by atoms with Gasteiger partial charge in [-0.05, 0) is 61.1 Å². The van der Waals surface area contributed by atoms with Crippen LogP contribution in [0.3, 0.4) is 0 Å². The van der Waals surface area contributed by atoms with Crippen LogP contribution in [-0.4, -0.2) is 4.98 Å². The minimum absolute atomic E-state index is 0.165. The minimum Gasteiger partial charge on any atom is -0.456 e. The molecule has 6 heteroatoms. The highest BCUT2D eigenvalue weighted by molar-refractivity contribution is 5.85. The van der Waals surface area contributed by atoms with E-state index in [2.05, 4.69) is 4.98 Å². The molecule has 1 heterocycles. The average molecular weight is 360 g/mol. The van der Waals surface area contributed by atoms with Crippen molar-refractivity contribution in [3.05, 3.63) is 53.2 Å². The van der Waals surface area contributed by atoms with Gasteiger partial charge in [0.25, 0.3) is 0 Å². The molecule has 1 saturated carbocycles. The highest BCUT2D eigenvalue weighted by Crippen LogP contribution is 2.44. The van der Waals surface area contributed by atoms with Gasteiger partial charge in [-0.15, -0.1) is 0 Å². The third kappa shape index (κ3) is 2.89. The fraction of sp³-hybridized carbons (Fsp3) is 0.300. The number of halogens is 3. The summed E-state index contributed by atoms with van der Waals surface area (Å²) >= 11 is 0. The maximum atomic E-state index is 13.3. The van der Waals surface area contributed by atoms with Crippen molar-refractivity contribution in [2.45, 2.75) is 38.3 Å². The SMILES string of the molecule is Cc1cc([O])cc(C(F)(F)F)c1Oc1ccc2[nH]cc(C3CCC3)c2c1. The molecule has 1 radical (unpaired) electrons. The van der Waals surface area contributed by atoms with E-state index in [4.69, 9.17) is 4.74 Å². The lowest BCUT2D eigenvalue weighted by Gasteiger charge is -2.25. The molecule has 0 saturated heterocycles. The number of hydrogen-bond donors (Lipinski definition) is 1. The largest absolute Gasteiger partial charge is 0.456 e. The molecule has 2 aromatic carbocycles. The molecular formula is C20H17F3NO2. The first kappa shape index (κ1) is 16.8. The van der Waals surface area contributed by atoms with Gasteiger partial charge in [0, 0.05) is 23.2 Å². The van der Waals surface area contributed by atoms with E-state index in [1.54, 1.807) is 18.2 Å². The van der Waals surface area contributed by atoms with E-state index < -0.39 is 17.5 Å². The first-order chi connectivity index (χ1) is 12.3. The van der Waals surface area contributed by atoms with Crippen molar-refractivity contribution in [1.82, 2.24) is 4.98 Å². The Morgan fingerprint density at radius 2 is 1.92 bits per heavy atom. The monoisotopic (exact) mass is 360 g/mol. The Morgan fingerprint density at radius 1 is 1.15 bits per heavy atom. The van der Waals surface area contributed by atoms with Gasteiger partial charge in [0.05, 0.1) is 0 Å². The van der Waals surface area contributed by atoms with Gasteiger partial charge in [-0.25, -0.2) is 0 Å². The number of aromatic nitrogens is 1. The van der Waals surface area contributed by atoms with E-state index in [1.165, 1.54) is 18.9 Å². The Hall–Kier alpha value is -2.63. The Labute approximate surface area is 148 Å². The zero-order valence-electron chi connectivity index (χ0n) is 14.1. The van der Waals surface area contributed by atoms with Crippen LogP contribution in [0.15, 0.2) is 36.5 Å². The Balaban J connectivity index is 1.76. The van der Waals surface area contributed by atoms with Crippen LogP contribution in [0.1, 0.15) is 41.9 Å². The summed E-state index contributed by atoms with van der Waals surface area (Å²) in [5.41, 5.74) is 1.23. The number of aryl methyl sites for hydroxylation is 1. The number of hydrogen-bond acceptors (Lipinski definition) is 1. The van der Waals surface area contributed by atoms with Gasteiger partial charge in [0.2, 0.25) is 0 Å². The maximum absolute atomic E-state index is 13.3. The van der Waals surface area contributed by atoms with E-state index in [1.807, 2.05) is 6.20 Å². The zero-order valence-corrected chi connectivity index (χ0v) is 14.1. The molecule has 1 aromatic heterocycles. The van der Waals surface area contributed by atoms with Crippen molar-refractivity contribution in [3.63, 3.8) is 0 Å². The molecule has 1 aliphatic carbocycles. The molecule has 0 unspecified atom stereocenters. The molecule has 0 atom stereocenters. The van der Waals surface area contributed by atoms with Crippen molar-refractivity contribution in [3.8, 4) is 17.2 Å². The summed E-state index contributed by atoms with van der Waals surface area (Å²) in [6.45, 7) is 1.45. The number of nitrogens with one attached hydrogen (secondary N) is 1. The third-order valence-corrected chi connectivity index (χ3v) is 5.00. The van der Waals surface area contributed by atoms with E-state index >= 15 is 0 Å². The summed E-state index contributed by atoms with van der Waals surface area (Å²) < 4.78 is 45.6. The maximum Gasteiger partial charge on any atom is 0.420 e. The zero-order chi connectivity index (χ0) is 18.5. The van der Waals surface area contributed by atoms with Crippen LogP contribution < -0.4 is 4.74 Å². The molecule has 3 aromatic rings. The van der Waals surface area contributed by atoms with Gasteiger partial charge >= 0.3 is 6.18 Å². The molecule has 1 aliphatic rings. The van der Waals surface area contributed by atoms with Crippen LogP contribution in [0, 0.1) is 6.92 Å². The van der Waals surface area contributed by atoms with Gasteiger partial charge in [0.15, 0.2) is 5.75 Å². The van der Waals surface area contributed by atoms with Crippen LogP contribution in [0.5, 0.6) is 17.2 Å². The first-order valence-electron chi connectivity index (χ1n) is 8.50. The summed E-state index contributed by atoms with van der Waals surface area (Å²) in [6.07, 6.45) is 0.760. The first-order valence-corrected chi connectivity index (χ1v) is 8.50. The lowest BCUT2D eigenvalue weighted by molar-refractivity contribution is -0.138. The standard InChI is InChI=1S/C20H17F3NO2/c1-11-7-13(25)8-17(20(21,22)23)19(11)26-14-5-6-18-15(9-14)16(10-24-18)12-3-2-4-12/h5-10,12,24H,2-4H2,1H3. The van der Waals surface area contributed by atoms with Gasteiger partial charge in [-0.3, -0.25) is 5.11 Å². The molecule has 0 aliphatic heterocycles. The Morgan fingerprint density at radius 3 is 2.58 bits per heavy atom. The van der Waals surface area contributed by atoms with E-state index in [0.29, 0.717) is 17.7 Å². The number of H-pyrrole nitrogens is 1. The van der Waals surface area contributed by atoms with Gasteiger partial charge in [0.1, 0.15) is 17.1 Å². The summed E-state index contributed by atoms with van der Waals surface area (Å²) in [7, 11) is 0. The van der Waals surface area contributed by atoms with Crippen LogP contribution in [0.2, 0.25) is 0 Å². The van der Waals surface area contributed by atoms with Crippen molar-refractivity contribution in [2.75, 3.05) is 0 Å². The molecule has 1 fully saturated rings. The summed E-state index contributed by atoms with van der Waals surface area (Å²) in [5.74, 6) is -0.191. The van der Waals surface area contributed by atoms with E-state index in [-0.39, 0.29) is 11.3 Å². The molecule has 4 rings (SSSR count). The lowest BCUT2D eigenvalue weighted by atomic mass is 9.80. The molecule has 135 valence electrons. The van der Waals surface area contributed by atoms with Crippen LogP contribution in [0.4, 0.5) is 13.2 Å². The van der Waals surface area contributed by atoms with Crippen LogP contribution >= 0.6 is 0 Å².